The molecule has 3 aliphatic rings. The largest absolute Gasteiger partial charge is 0.378 e. The number of imidazole rings is 1. The number of alkyl halides is 2. The van der Waals surface area contributed by atoms with Crippen molar-refractivity contribution in [3.8, 4) is 5.82 Å². The highest BCUT2D eigenvalue weighted by Crippen LogP contribution is 2.31. The van der Waals surface area contributed by atoms with E-state index in [1.54, 1.807) is 30.3 Å². The topological polar surface area (TPSA) is 105 Å². The molecule has 1 N–H and O–H groups in total. The fourth-order valence-electron chi connectivity index (χ4n) is 5.85. The van der Waals surface area contributed by atoms with Crippen LogP contribution in [0.25, 0.3) is 16.9 Å². The molecule has 10 nitrogen and oxygen atoms in total. The molecule has 2 saturated heterocycles. The lowest BCUT2D eigenvalue weighted by molar-refractivity contribution is 0.122. The Kier molecular flexibility index (Phi) is 7.38. The molecule has 3 aromatic rings. The maximum Gasteiger partial charge on any atom is 0.296 e. The number of ether oxygens (including phenoxy) is 1. The van der Waals surface area contributed by atoms with Crippen molar-refractivity contribution in [3.05, 3.63) is 36.2 Å². The molecular weight excluding hydrogens is 528 g/mol. The van der Waals surface area contributed by atoms with E-state index in [9.17, 15) is 17.2 Å². The highest BCUT2D eigenvalue weighted by atomic mass is 32.2. The minimum absolute atomic E-state index is 0.136. The minimum atomic E-state index is -2.90. The van der Waals surface area contributed by atoms with Gasteiger partial charge in [0, 0.05) is 44.3 Å². The van der Waals surface area contributed by atoms with E-state index >= 15 is 0 Å². The number of hydrogen-bond donors (Lipinski definition) is 1. The van der Waals surface area contributed by atoms with Gasteiger partial charge in [-0.15, -0.1) is 0 Å². The second-order valence-corrected chi connectivity index (χ2v) is 12.7. The summed E-state index contributed by atoms with van der Waals surface area (Å²) in [5.41, 5.74) is 1.05. The van der Waals surface area contributed by atoms with Crippen LogP contribution in [-0.4, -0.2) is 95.8 Å². The monoisotopic (exact) mass is 561 g/mol. The van der Waals surface area contributed by atoms with Crippen LogP contribution in [0.2, 0.25) is 0 Å². The number of nitrogens with zero attached hydrogens (tertiary/aromatic N) is 6. The molecule has 1 saturated carbocycles. The first-order valence-electron chi connectivity index (χ1n) is 13.5. The van der Waals surface area contributed by atoms with E-state index in [-0.39, 0.29) is 23.4 Å². The third-order valence-corrected chi connectivity index (χ3v) is 9.58. The lowest BCUT2D eigenvalue weighted by atomic mass is 9.90. The van der Waals surface area contributed by atoms with Gasteiger partial charge in [-0.2, -0.15) is 9.97 Å². The summed E-state index contributed by atoms with van der Waals surface area (Å²) in [6.45, 7) is 3.65. The molecule has 0 radical (unpaired) electrons. The Morgan fingerprint density at radius 2 is 1.62 bits per heavy atom. The van der Waals surface area contributed by atoms with Crippen LogP contribution >= 0.6 is 0 Å². The molecule has 39 heavy (non-hydrogen) atoms. The van der Waals surface area contributed by atoms with Crippen LogP contribution in [0, 0.1) is 0 Å². The average molecular weight is 562 g/mol. The van der Waals surface area contributed by atoms with Gasteiger partial charge in [0.2, 0.25) is 5.95 Å². The van der Waals surface area contributed by atoms with Crippen molar-refractivity contribution < 1.29 is 21.9 Å². The Morgan fingerprint density at radius 3 is 2.33 bits per heavy atom. The molecule has 0 amide bonds. The molecule has 0 atom stereocenters. The quantitative estimate of drug-likeness (QED) is 0.486. The first kappa shape index (κ1) is 26.3. The van der Waals surface area contributed by atoms with E-state index in [4.69, 9.17) is 14.7 Å². The highest BCUT2D eigenvalue weighted by Gasteiger charge is 2.31. The molecule has 2 aromatic heterocycles. The summed E-state index contributed by atoms with van der Waals surface area (Å²) in [6, 6.07) is 9.33. The Hall–Kier alpha value is -2.90. The van der Waals surface area contributed by atoms with E-state index < -0.39 is 16.3 Å². The van der Waals surface area contributed by atoms with E-state index in [0.717, 1.165) is 25.7 Å². The number of morpholine rings is 1. The van der Waals surface area contributed by atoms with Gasteiger partial charge in [0.1, 0.15) is 11.6 Å². The molecule has 210 valence electrons. The number of nitrogens with one attached hydrogen (secondary N) is 1. The Morgan fingerprint density at radius 1 is 0.923 bits per heavy atom. The standard InChI is InChI=1S/C26H33F2N7O3S/c27-24(28)25-30-20-3-1-2-4-21(20)35(25)23-17-22(34-9-13-38-14-10-34)31-26(32-23)29-18-5-7-19(8-6-18)33-11-15-39(36,37)16-12-33/h1-4,17-19,24H,5-16H2,(H,29,31,32)/t18-,19-. The van der Waals surface area contributed by atoms with Gasteiger partial charge in [-0.05, 0) is 37.8 Å². The van der Waals surface area contributed by atoms with Gasteiger partial charge in [0.15, 0.2) is 15.7 Å². The van der Waals surface area contributed by atoms with Gasteiger partial charge in [0.25, 0.3) is 6.43 Å². The van der Waals surface area contributed by atoms with E-state index in [0.29, 0.717) is 74.1 Å². The number of benzene rings is 1. The summed E-state index contributed by atoms with van der Waals surface area (Å²) in [5.74, 6) is 1.53. The number of para-hydroxylation sites is 2. The number of sulfone groups is 1. The number of fused-ring (bicyclic) bond motifs is 1. The summed E-state index contributed by atoms with van der Waals surface area (Å²) >= 11 is 0. The summed E-state index contributed by atoms with van der Waals surface area (Å²) in [5, 5.41) is 3.48. The summed E-state index contributed by atoms with van der Waals surface area (Å²) in [6.07, 6.45) is 0.927. The molecule has 2 aliphatic heterocycles. The van der Waals surface area contributed by atoms with Crippen LogP contribution in [0.1, 0.15) is 37.9 Å². The third kappa shape index (κ3) is 5.71. The van der Waals surface area contributed by atoms with Crippen molar-refractivity contribution in [2.75, 3.05) is 61.1 Å². The number of anilines is 2. The summed E-state index contributed by atoms with van der Waals surface area (Å²) < 4.78 is 58.8. The highest BCUT2D eigenvalue weighted by molar-refractivity contribution is 7.91. The van der Waals surface area contributed by atoms with Gasteiger partial charge in [-0.1, -0.05) is 12.1 Å². The zero-order chi connectivity index (χ0) is 27.0. The lowest BCUT2D eigenvalue weighted by Crippen LogP contribution is -2.48. The van der Waals surface area contributed by atoms with Crippen LogP contribution in [0.5, 0.6) is 0 Å². The Labute approximate surface area is 226 Å². The summed E-state index contributed by atoms with van der Waals surface area (Å²) in [7, 11) is -2.90. The second-order valence-electron chi connectivity index (χ2n) is 10.4. The van der Waals surface area contributed by atoms with Gasteiger partial charge >= 0.3 is 0 Å². The van der Waals surface area contributed by atoms with E-state index in [1.165, 1.54) is 4.57 Å². The third-order valence-electron chi connectivity index (χ3n) is 7.97. The maximum atomic E-state index is 14.1. The molecule has 3 fully saturated rings. The smallest absolute Gasteiger partial charge is 0.296 e. The fraction of sp³-hybridized carbons (Fsp3) is 0.577. The Balaban J connectivity index is 1.26. The first-order valence-corrected chi connectivity index (χ1v) is 15.4. The van der Waals surface area contributed by atoms with Gasteiger partial charge in [-0.3, -0.25) is 9.47 Å². The molecular formula is C26H33F2N7O3S. The first-order chi connectivity index (χ1) is 18.9. The minimum Gasteiger partial charge on any atom is -0.378 e. The zero-order valence-corrected chi connectivity index (χ0v) is 22.5. The molecule has 13 heteroatoms. The van der Waals surface area contributed by atoms with Crippen LogP contribution in [0.4, 0.5) is 20.5 Å². The second kappa shape index (κ2) is 10.9. The fourth-order valence-corrected chi connectivity index (χ4v) is 7.08. The lowest BCUT2D eigenvalue weighted by Gasteiger charge is -2.38. The van der Waals surface area contributed by atoms with Crippen LogP contribution in [0.3, 0.4) is 0 Å². The van der Waals surface area contributed by atoms with Crippen molar-refractivity contribution in [1.29, 1.82) is 0 Å². The normalized spacial score (nSPS) is 24.3. The van der Waals surface area contributed by atoms with E-state index in [1.807, 2.05) is 0 Å². The zero-order valence-electron chi connectivity index (χ0n) is 21.7. The molecule has 1 aromatic carbocycles. The van der Waals surface area contributed by atoms with Crippen molar-refractivity contribution in [2.45, 2.75) is 44.2 Å². The number of aromatic nitrogens is 4. The SMILES string of the molecule is O=S1(=O)CCN([C@H]2CC[C@H](Nc3nc(N4CCOCC4)cc(-n4c(C(F)F)nc5ccccc54)n3)CC2)CC1. The van der Waals surface area contributed by atoms with Crippen molar-refractivity contribution in [1.82, 2.24) is 24.4 Å². The number of halogens is 2. The predicted molar refractivity (Wildman–Crippen MR) is 145 cm³/mol. The predicted octanol–water partition coefficient (Wildman–Crippen LogP) is 3.04. The van der Waals surface area contributed by atoms with Crippen molar-refractivity contribution in [2.24, 2.45) is 0 Å². The van der Waals surface area contributed by atoms with Gasteiger partial charge in [0.05, 0.1) is 35.8 Å². The van der Waals surface area contributed by atoms with Crippen molar-refractivity contribution in [3.63, 3.8) is 0 Å². The molecule has 6 rings (SSSR count). The summed E-state index contributed by atoms with van der Waals surface area (Å²) in [4.78, 5) is 18.1. The van der Waals surface area contributed by atoms with Crippen molar-refractivity contribution >= 4 is 32.6 Å². The Bertz CT molecular complexity index is 1410. The molecule has 0 spiro atoms. The van der Waals surface area contributed by atoms with Gasteiger partial charge in [-0.25, -0.2) is 22.2 Å². The number of hydrogen-bond acceptors (Lipinski definition) is 9. The van der Waals surface area contributed by atoms with Crippen LogP contribution in [0.15, 0.2) is 30.3 Å². The molecule has 0 unspecified atom stereocenters. The maximum absolute atomic E-state index is 14.1. The van der Waals surface area contributed by atoms with Gasteiger partial charge < -0.3 is 15.0 Å². The van der Waals surface area contributed by atoms with Crippen LogP contribution in [-0.2, 0) is 14.6 Å². The molecule has 1 aliphatic carbocycles. The van der Waals surface area contributed by atoms with Crippen LogP contribution < -0.4 is 10.2 Å². The number of rotatable bonds is 6. The molecule has 4 heterocycles. The average Bonchev–Trinajstić information content (AvgIpc) is 3.34. The molecule has 0 bridgehead atoms. The van der Waals surface area contributed by atoms with E-state index in [2.05, 4.69) is 20.1 Å².